The first-order valence-electron chi connectivity index (χ1n) is 8.14. The van der Waals surface area contributed by atoms with Crippen molar-refractivity contribution in [2.45, 2.75) is 56.7 Å². The number of aliphatic hydroxyl groups excluding tert-OH is 1. The van der Waals surface area contributed by atoms with Crippen LogP contribution in [0.3, 0.4) is 0 Å². The largest absolute Gasteiger partial charge is 0.391 e. The van der Waals surface area contributed by atoms with E-state index in [-0.39, 0.29) is 23.9 Å². The van der Waals surface area contributed by atoms with Crippen LogP contribution < -0.4 is 10.6 Å². The molecule has 2 fully saturated rings. The van der Waals surface area contributed by atoms with Crippen LogP contribution in [0.4, 0.5) is 9.18 Å². The maximum Gasteiger partial charge on any atom is 0.315 e. The molecule has 0 spiro atoms. The molecule has 0 radical (unpaired) electrons. The number of hydrogen-bond acceptors (Lipinski definition) is 2. The summed E-state index contributed by atoms with van der Waals surface area (Å²) in [7, 11) is 0. The highest BCUT2D eigenvalue weighted by atomic mass is 19.1. The van der Waals surface area contributed by atoms with E-state index in [0.29, 0.717) is 5.92 Å². The van der Waals surface area contributed by atoms with Crippen LogP contribution in [0.25, 0.3) is 0 Å². The Morgan fingerprint density at radius 2 is 1.82 bits per heavy atom. The molecule has 3 N–H and O–H groups in total. The summed E-state index contributed by atoms with van der Waals surface area (Å²) < 4.78 is 13.1. The lowest BCUT2D eigenvalue weighted by Crippen LogP contribution is -2.49. The number of aliphatic hydroxyl groups is 1. The number of halogens is 1. The first-order valence-corrected chi connectivity index (χ1v) is 8.14. The van der Waals surface area contributed by atoms with Gasteiger partial charge in [0.2, 0.25) is 0 Å². The van der Waals surface area contributed by atoms with E-state index in [9.17, 15) is 14.3 Å². The van der Waals surface area contributed by atoms with E-state index in [0.717, 1.165) is 44.1 Å². The van der Waals surface area contributed by atoms with Gasteiger partial charge in [-0.15, -0.1) is 0 Å². The molecular weight excluding hydrogens is 283 g/mol. The maximum atomic E-state index is 13.1. The number of carbonyl (C=O) groups excluding carboxylic acids is 1. The molecule has 0 heterocycles. The monoisotopic (exact) mass is 306 g/mol. The van der Waals surface area contributed by atoms with Crippen molar-refractivity contribution in [1.29, 1.82) is 0 Å². The minimum Gasteiger partial charge on any atom is -0.391 e. The summed E-state index contributed by atoms with van der Waals surface area (Å²) in [5, 5.41) is 15.8. The van der Waals surface area contributed by atoms with Crippen molar-refractivity contribution in [2.24, 2.45) is 5.92 Å². The van der Waals surface area contributed by atoms with E-state index < -0.39 is 6.10 Å². The van der Waals surface area contributed by atoms with Crippen LogP contribution in [0.5, 0.6) is 0 Å². The second-order valence-corrected chi connectivity index (χ2v) is 6.44. The van der Waals surface area contributed by atoms with E-state index >= 15 is 0 Å². The third-order valence-electron chi connectivity index (χ3n) is 4.66. The highest BCUT2D eigenvalue weighted by Gasteiger charge is 2.34. The van der Waals surface area contributed by atoms with Gasteiger partial charge in [-0.3, -0.25) is 0 Å². The van der Waals surface area contributed by atoms with Crippen LogP contribution >= 0.6 is 0 Å². The van der Waals surface area contributed by atoms with Gasteiger partial charge in [0.15, 0.2) is 0 Å². The predicted octanol–water partition coefficient (Wildman–Crippen LogP) is 2.88. The molecule has 3 rings (SSSR count). The number of urea groups is 1. The number of amides is 2. The molecular formula is C17H23FN2O2. The summed E-state index contributed by atoms with van der Waals surface area (Å²) in [6.07, 6.45) is 5.31. The van der Waals surface area contributed by atoms with Crippen molar-refractivity contribution in [1.82, 2.24) is 10.6 Å². The Balaban J connectivity index is 1.61. The summed E-state index contributed by atoms with van der Waals surface area (Å²) in [4.78, 5) is 12.2. The normalized spacial score (nSPS) is 26.3. The molecule has 2 aliphatic rings. The van der Waals surface area contributed by atoms with Crippen LogP contribution in [0.2, 0.25) is 0 Å². The highest BCUT2D eigenvalue weighted by molar-refractivity contribution is 5.75. The summed E-state index contributed by atoms with van der Waals surface area (Å²) >= 11 is 0. The van der Waals surface area contributed by atoms with Crippen molar-refractivity contribution in [3.8, 4) is 0 Å². The third-order valence-corrected chi connectivity index (χ3v) is 4.66. The van der Waals surface area contributed by atoms with Crippen molar-refractivity contribution in [2.75, 3.05) is 0 Å². The minimum absolute atomic E-state index is 0.0821. The first kappa shape index (κ1) is 15.3. The third kappa shape index (κ3) is 3.77. The molecule has 4 nitrogen and oxygen atoms in total. The predicted molar refractivity (Wildman–Crippen MR) is 81.8 cm³/mol. The van der Waals surface area contributed by atoms with Crippen LogP contribution in [0, 0.1) is 11.7 Å². The Labute approximate surface area is 130 Å². The molecule has 2 aliphatic carbocycles. The molecule has 3 atom stereocenters. The lowest BCUT2D eigenvalue weighted by molar-refractivity contribution is 0.0939. The molecule has 1 aromatic rings. The summed E-state index contributed by atoms with van der Waals surface area (Å²) in [5.41, 5.74) is 0.934. The fourth-order valence-corrected chi connectivity index (χ4v) is 3.20. The topological polar surface area (TPSA) is 61.4 Å². The zero-order valence-electron chi connectivity index (χ0n) is 12.6. The van der Waals surface area contributed by atoms with Crippen LogP contribution in [-0.4, -0.2) is 23.3 Å². The molecule has 5 heteroatoms. The van der Waals surface area contributed by atoms with Gasteiger partial charge in [0, 0.05) is 0 Å². The molecule has 1 aromatic carbocycles. The van der Waals surface area contributed by atoms with Gasteiger partial charge >= 0.3 is 6.03 Å². The Morgan fingerprint density at radius 1 is 1.14 bits per heavy atom. The fourth-order valence-electron chi connectivity index (χ4n) is 3.20. The Hall–Kier alpha value is -1.62. The summed E-state index contributed by atoms with van der Waals surface area (Å²) in [5.74, 6) is 0.153. The molecule has 120 valence electrons. The quantitative estimate of drug-likeness (QED) is 0.801. The molecule has 0 bridgehead atoms. The van der Waals surface area contributed by atoms with E-state index in [1.807, 2.05) is 0 Å². The van der Waals surface area contributed by atoms with Gasteiger partial charge in [0.05, 0.1) is 18.2 Å². The van der Waals surface area contributed by atoms with E-state index in [4.69, 9.17) is 0 Å². The standard InChI is InChI=1S/C17H23FN2O2/c18-13-9-7-12(8-10-13)16(11-5-6-11)20-17(22)19-14-3-1-2-4-15(14)21/h7-11,14-16,21H,1-6H2,(H2,19,20,22). The lowest BCUT2D eigenvalue weighted by Gasteiger charge is -2.29. The zero-order valence-corrected chi connectivity index (χ0v) is 12.6. The molecule has 0 aliphatic heterocycles. The lowest BCUT2D eigenvalue weighted by atomic mass is 9.93. The van der Waals surface area contributed by atoms with Crippen molar-refractivity contribution >= 4 is 6.03 Å². The van der Waals surface area contributed by atoms with Crippen molar-refractivity contribution in [3.63, 3.8) is 0 Å². The average molecular weight is 306 g/mol. The van der Waals surface area contributed by atoms with Crippen LogP contribution in [0.15, 0.2) is 24.3 Å². The smallest absolute Gasteiger partial charge is 0.315 e. The zero-order chi connectivity index (χ0) is 15.5. The van der Waals surface area contributed by atoms with Gasteiger partial charge < -0.3 is 15.7 Å². The average Bonchev–Trinajstić information content (AvgIpc) is 3.33. The van der Waals surface area contributed by atoms with Crippen LogP contribution in [0.1, 0.15) is 50.1 Å². The van der Waals surface area contributed by atoms with Gasteiger partial charge in [-0.25, -0.2) is 9.18 Å². The van der Waals surface area contributed by atoms with Gasteiger partial charge in [0.25, 0.3) is 0 Å². The summed E-state index contributed by atoms with van der Waals surface area (Å²) in [6.45, 7) is 0. The molecule has 3 unspecified atom stereocenters. The maximum absolute atomic E-state index is 13.1. The molecule has 2 amide bonds. The van der Waals surface area contributed by atoms with E-state index in [1.165, 1.54) is 12.1 Å². The Morgan fingerprint density at radius 3 is 2.45 bits per heavy atom. The van der Waals surface area contributed by atoms with Crippen molar-refractivity contribution in [3.05, 3.63) is 35.6 Å². The number of rotatable bonds is 4. The molecule has 22 heavy (non-hydrogen) atoms. The second kappa shape index (κ2) is 6.65. The molecule has 0 saturated heterocycles. The van der Waals surface area contributed by atoms with Gasteiger partial charge in [-0.1, -0.05) is 25.0 Å². The first-order chi connectivity index (χ1) is 10.6. The number of nitrogens with one attached hydrogen (secondary N) is 2. The Bertz CT molecular complexity index is 516. The fraction of sp³-hybridized carbons (Fsp3) is 0.588. The highest BCUT2D eigenvalue weighted by Crippen LogP contribution is 2.41. The molecule has 2 saturated carbocycles. The second-order valence-electron chi connectivity index (χ2n) is 6.44. The number of carbonyl (C=O) groups is 1. The molecule has 0 aromatic heterocycles. The Kier molecular flexibility index (Phi) is 4.62. The SMILES string of the molecule is O=C(NC1CCCCC1O)NC(c1ccc(F)cc1)C1CC1. The van der Waals surface area contributed by atoms with Crippen LogP contribution in [-0.2, 0) is 0 Å². The van der Waals surface area contributed by atoms with E-state index in [1.54, 1.807) is 12.1 Å². The van der Waals surface area contributed by atoms with Crippen molar-refractivity contribution < 1.29 is 14.3 Å². The van der Waals surface area contributed by atoms with E-state index in [2.05, 4.69) is 10.6 Å². The van der Waals surface area contributed by atoms with Gasteiger partial charge in [-0.05, 0) is 49.3 Å². The van der Waals surface area contributed by atoms with Gasteiger partial charge in [-0.2, -0.15) is 0 Å². The summed E-state index contributed by atoms with van der Waals surface area (Å²) in [6, 6.07) is 5.82. The number of hydrogen-bond donors (Lipinski definition) is 3. The minimum atomic E-state index is -0.454. The number of benzene rings is 1. The van der Waals surface area contributed by atoms with Gasteiger partial charge in [0.1, 0.15) is 5.82 Å².